The van der Waals surface area contributed by atoms with Gasteiger partial charge in [-0.05, 0) is 85.9 Å². The van der Waals surface area contributed by atoms with Gasteiger partial charge in [0.25, 0.3) is 0 Å². The second kappa shape index (κ2) is 11.1. The second-order valence-corrected chi connectivity index (χ2v) is 14.1. The van der Waals surface area contributed by atoms with Crippen LogP contribution in [0.15, 0.2) is 180 Å². The summed E-state index contributed by atoms with van der Waals surface area (Å²) in [4.78, 5) is 11.0. The van der Waals surface area contributed by atoms with Crippen molar-refractivity contribution in [2.75, 3.05) is 0 Å². The highest BCUT2D eigenvalue weighted by Crippen LogP contribution is 2.44. The molecule has 0 unspecified atom stereocenters. The van der Waals surface area contributed by atoms with Gasteiger partial charge in [0.05, 0.1) is 22.2 Å². The molecule has 0 fully saturated rings. The van der Waals surface area contributed by atoms with E-state index in [-0.39, 0.29) is 0 Å². The van der Waals surface area contributed by atoms with Gasteiger partial charge < -0.3 is 4.42 Å². The number of para-hydroxylation sites is 1. The Morgan fingerprint density at radius 3 is 1.69 bits per heavy atom. The molecule has 0 aliphatic heterocycles. The fourth-order valence-corrected chi connectivity index (χ4v) is 8.71. The summed E-state index contributed by atoms with van der Waals surface area (Å²) >= 11 is 0. The molecule has 3 aromatic heterocycles. The van der Waals surface area contributed by atoms with Crippen molar-refractivity contribution < 1.29 is 4.42 Å². The van der Waals surface area contributed by atoms with Gasteiger partial charge in [-0.25, -0.2) is 9.97 Å². The molecule has 0 bridgehead atoms. The maximum Gasteiger partial charge on any atom is 0.235 e. The number of hydrogen-bond acceptors (Lipinski definition) is 3. The molecule has 0 aliphatic carbocycles. The van der Waals surface area contributed by atoms with Crippen molar-refractivity contribution in [3.8, 4) is 28.3 Å². The van der Waals surface area contributed by atoms with Crippen molar-refractivity contribution >= 4 is 87.0 Å². The van der Waals surface area contributed by atoms with Crippen molar-refractivity contribution in [1.82, 2.24) is 14.5 Å². The predicted octanol–water partition coefficient (Wildman–Crippen LogP) is 13.4. The molecule has 0 spiro atoms. The first-order valence-electron chi connectivity index (χ1n) is 18.3. The first kappa shape index (κ1) is 29.3. The maximum atomic E-state index is 6.75. The number of aromatic nitrogens is 3. The molecule has 9 aromatic carbocycles. The van der Waals surface area contributed by atoms with Crippen LogP contribution in [0.5, 0.6) is 0 Å². The molecular formula is C50H29N3O. The normalized spacial score (nSPS) is 12.1. The third-order valence-corrected chi connectivity index (χ3v) is 11.1. The van der Waals surface area contributed by atoms with E-state index in [9.17, 15) is 0 Å². The first-order chi connectivity index (χ1) is 26.8. The van der Waals surface area contributed by atoms with Gasteiger partial charge in [0.1, 0.15) is 11.2 Å². The van der Waals surface area contributed by atoms with Crippen LogP contribution in [0.25, 0.3) is 115 Å². The standard InChI is InChI=1S/C50H29N3O/c1-2-12-30(13-3-1)35-27-40(46-39-26-33-16-4-5-17-34(33)28-44(39)54-45(46)29-35)49-38-20-10-11-21-41(38)51-50(52-49)53-42-24-22-31-14-6-8-18-36(31)47(42)48-37-19-9-7-15-32(37)23-25-43(48)53/h1-29H. The summed E-state index contributed by atoms with van der Waals surface area (Å²) in [5.74, 6) is 0.630. The summed E-state index contributed by atoms with van der Waals surface area (Å²) in [5, 5.41) is 12.7. The quantitative estimate of drug-likeness (QED) is 0.186. The Kier molecular flexibility index (Phi) is 6.02. The molecule has 0 saturated heterocycles. The largest absolute Gasteiger partial charge is 0.456 e. The smallest absolute Gasteiger partial charge is 0.235 e. The summed E-state index contributed by atoms with van der Waals surface area (Å²) in [7, 11) is 0. The lowest BCUT2D eigenvalue weighted by Gasteiger charge is -2.14. The van der Waals surface area contributed by atoms with E-state index in [0.29, 0.717) is 5.95 Å². The van der Waals surface area contributed by atoms with Crippen molar-refractivity contribution in [3.63, 3.8) is 0 Å². The average Bonchev–Trinajstić information content (AvgIpc) is 3.78. The van der Waals surface area contributed by atoms with E-state index in [0.717, 1.165) is 71.6 Å². The molecule has 3 heterocycles. The van der Waals surface area contributed by atoms with Crippen molar-refractivity contribution in [2.45, 2.75) is 0 Å². The Labute approximate surface area is 309 Å². The summed E-state index contributed by atoms with van der Waals surface area (Å²) in [6.07, 6.45) is 0. The van der Waals surface area contributed by atoms with Gasteiger partial charge in [0.15, 0.2) is 0 Å². The maximum absolute atomic E-state index is 6.75. The lowest BCUT2D eigenvalue weighted by molar-refractivity contribution is 0.669. The van der Waals surface area contributed by atoms with Crippen LogP contribution in [0.3, 0.4) is 0 Å². The Hall–Kier alpha value is -7.30. The Morgan fingerprint density at radius 1 is 0.389 bits per heavy atom. The van der Waals surface area contributed by atoms with E-state index >= 15 is 0 Å². The lowest BCUT2D eigenvalue weighted by Crippen LogP contribution is -2.03. The highest BCUT2D eigenvalue weighted by Gasteiger charge is 2.23. The Morgan fingerprint density at radius 2 is 0.981 bits per heavy atom. The molecule has 0 saturated carbocycles. The van der Waals surface area contributed by atoms with Crippen molar-refractivity contribution in [1.29, 1.82) is 0 Å². The van der Waals surface area contributed by atoms with Gasteiger partial charge >= 0.3 is 0 Å². The highest BCUT2D eigenvalue weighted by atomic mass is 16.3. The zero-order valence-electron chi connectivity index (χ0n) is 29.0. The summed E-state index contributed by atoms with van der Waals surface area (Å²) in [6.45, 7) is 0. The molecule has 12 rings (SSSR count). The van der Waals surface area contributed by atoms with Crippen LogP contribution in [-0.4, -0.2) is 14.5 Å². The van der Waals surface area contributed by atoms with Crippen molar-refractivity contribution in [2.24, 2.45) is 0 Å². The first-order valence-corrected chi connectivity index (χ1v) is 18.3. The number of hydrogen-bond donors (Lipinski definition) is 0. The third kappa shape index (κ3) is 4.19. The molecule has 0 aliphatic rings. The molecule has 0 atom stereocenters. The van der Waals surface area contributed by atoms with Gasteiger partial charge in [-0.2, -0.15) is 0 Å². The zero-order valence-corrected chi connectivity index (χ0v) is 29.0. The number of furan rings is 1. The van der Waals surface area contributed by atoms with E-state index in [1.165, 1.54) is 37.7 Å². The predicted molar refractivity (Wildman–Crippen MR) is 225 cm³/mol. The third-order valence-electron chi connectivity index (χ3n) is 11.1. The van der Waals surface area contributed by atoms with E-state index in [1.54, 1.807) is 0 Å². The van der Waals surface area contributed by atoms with Crippen LogP contribution < -0.4 is 0 Å². The minimum absolute atomic E-state index is 0.630. The van der Waals surface area contributed by atoms with E-state index in [2.05, 4.69) is 180 Å². The zero-order chi connectivity index (χ0) is 35.3. The van der Waals surface area contributed by atoms with E-state index in [1.807, 2.05) is 0 Å². The Balaban J connectivity index is 1.24. The van der Waals surface area contributed by atoms with Crippen LogP contribution >= 0.6 is 0 Å². The number of rotatable bonds is 3. The molecule has 4 heteroatoms. The second-order valence-electron chi connectivity index (χ2n) is 14.1. The topological polar surface area (TPSA) is 43.9 Å². The van der Waals surface area contributed by atoms with E-state index < -0.39 is 0 Å². The minimum atomic E-state index is 0.630. The molecule has 0 radical (unpaired) electrons. The number of benzene rings is 9. The van der Waals surface area contributed by atoms with Gasteiger partial charge in [-0.1, -0.05) is 133 Å². The molecule has 0 N–H and O–H groups in total. The highest BCUT2D eigenvalue weighted by molar-refractivity contribution is 6.28. The molecule has 12 aromatic rings. The monoisotopic (exact) mass is 687 g/mol. The Bertz CT molecular complexity index is 3410. The summed E-state index contributed by atoms with van der Waals surface area (Å²) in [5.41, 5.74) is 8.78. The van der Waals surface area contributed by atoms with Crippen LogP contribution in [0.1, 0.15) is 0 Å². The van der Waals surface area contributed by atoms with Crippen LogP contribution in [0, 0.1) is 0 Å². The van der Waals surface area contributed by atoms with Crippen molar-refractivity contribution in [3.05, 3.63) is 176 Å². The molecular weight excluding hydrogens is 659 g/mol. The number of nitrogens with zero attached hydrogens (tertiary/aromatic N) is 3. The average molecular weight is 688 g/mol. The number of fused-ring (bicyclic) bond motifs is 12. The van der Waals surface area contributed by atoms with Crippen LogP contribution in [0.2, 0.25) is 0 Å². The lowest BCUT2D eigenvalue weighted by atomic mass is 9.95. The van der Waals surface area contributed by atoms with Gasteiger partial charge in [0.2, 0.25) is 5.95 Å². The van der Waals surface area contributed by atoms with Gasteiger partial charge in [-0.3, -0.25) is 4.57 Å². The SMILES string of the molecule is c1ccc(-c2cc(-c3nc(-n4c5ccc6ccccc6c5c5c6ccccc6ccc54)nc4ccccc34)c3c(c2)oc2cc4ccccc4cc23)cc1. The minimum Gasteiger partial charge on any atom is -0.456 e. The molecule has 4 nitrogen and oxygen atoms in total. The molecule has 250 valence electrons. The summed E-state index contributed by atoms with van der Waals surface area (Å²) in [6, 6.07) is 62.4. The fraction of sp³-hybridized carbons (Fsp3) is 0. The van der Waals surface area contributed by atoms with Gasteiger partial charge in [0, 0.05) is 32.5 Å². The fourth-order valence-electron chi connectivity index (χ4n) is 8.71. The van der Waals surface area contributed by atoms with Crippen LogP contribution in [-0.2, 0) is 0 Å². The van der Waals surface area contributed by atoms with Crippen LogP contribution in [0.4, 0.5) is 0 Å². The van der Waals surface area contributed by atoms with Gasteiger partial charge in [-0.15, -0.1) is 0 Å². The van der Waals surface area contributed by atoms with E-state index in [4.69, 9.17) is 14.4 Å². The molecule has 54 heavy (non-hydrogen) atoms. The summed E-state index contributed by atoms with van der Waals surface area (Å²) < 4.78 is 9.01. The molecule has 0 amide bonds.